The van der Waals surface area contributed by atoms with E-state index in [0.717, 1.165) is 5.66 Å². The van der Waals surface area contributed by atoms with Crippen LogP contribution in [-0.2, 0) is 17.1 Å². The molecule has 4 aromatic carbocycles. The Morgan fingerprint density at radius 1 is 0.571 bits per heavy atom. The standard InChI is InChI=1S/C21H26NP.C17H19P.Fe/c1-17(22(2)3)20-15-10-16-21(20)23(18-11-6-4-7-12-18)19-13-8-5-9-14-19;1-3-9-15(10-4-1)18(17-13-7-8-14-17)16-11-5-2-6-12-16;/h4-9,11-14,17H,10,15-16H2,1-3H3;1-6,9-12,17H,7-8,13-14H2;/t17-;;/m1../s1. The minimum absolute atomic E-state index is 0. The first-order valence-corrected chi connectivity index (χ1v) is 18.1. The molecule has 2 saturated carbocycles. The van der Waals surface area contributed by atoms with Crippen molar-refractivity contribution in [3.63, 3.8) is 0 Å². The first-order chi connectivity index (χ1) is 20.1. The van der Waals surface area contributed by atoms with E-state index in [4.69, 9.17) is 0 Å². The smallest absolute Gasteiger partial charge is 0.0171 e. The molecule has 0 aliphatic heterocycles. The van der Waals surface area contributed by atoms with Gasteiger partial charge >= 0.3 is 0 Å². The van der Waals surface area contributed by atoms with Crippen LogP contribution in [0.15, 0.2) is 121 Å². The van der Waals surface area contributed by atoms with E-state index in [0.29, 0.717) is 6.04 Å². The maximum atomic E-state index is 2.35. The molecule has 220 valence electrons. The second kappa shape index (κ2) is 16.9. The number of hydrogen-bond donors (Lipinski definition) is 0. The van der Waals surface area contributed by atoms with Gasteiger partial charge in [-0.2, -0.15) is 0 Å². The molecule has 0 aromatic heterocycles. The maximum absolute atomic E-state index is 2.35. The fourth-order valence-corrected chi connectivity index (χ4v) is 12.1. The van der Waals surface area contributed by atoms with Gasteiger partial charge in [0.05, 0.1) is 0 Å². The number of nitrogens with zero attached hydrogens (tertiary/aromatic N) is 1. The third kappa shape index (κ3) is 8.44. The zero-order valence-corrected chi connectivity index (χ0v) is 28.2. The Hall–Kier alpha value is -1.78. The van der Waals surface area contributed by atoms with E-state index in [-0.39, 0.29) is 25.0 Å². The molecule has 4 heteroatoms. The monoisotopic (exact) mass is 633 g/mol. The summed E-state index contributed by atoms with van der Waals surface area (Å²) in [5.74, 6) is 1.67. The molecule has 1 nitrogen and oxygen atoms in total. The molecule has 2 fully saturated rings. The minimum atomic E-state index is -0.396. The second-order valence-corrected chi connectivity index (χ2v) is 16.2. The summed E-state index contributed by atoms with van der Waals surface area (Å²) >= 11 is 0. The number of hydrogen-bond acceptors (Lipinski definition) is 1. The minimum Gasteiger partial charge on any atom is -0.306 e. The summed E-state index contributed by atoms with van der Waals surface area (Å²) in [6.45, 7) is 2.35. The van der Waals surface area contributed by atoms with Crippen LogP contribution in [0, 0.1) is 11.6 Å². The summed E-state index contributed by atoms with van der Waals surface area (Å²) in [6, 6.07) is 45.0. The average molecular weight is 634 g/mol. The van der Waals surface area contributed by atoms with Crippen molar-refractivity contribution in [2.75, 3.05) is 14.1 Å². The van der Waals surface area contributed by atoms with Crippen LogP contribution in [0.4, 0.5) is 0 Å². The van der Waals surface area contributed by atoms with Crippen LogP contribution in [0.5, 0.6) is 0 Å². The van der Waals surface area contributed by atoms with E-state index in [2.05, 4.69) is 147 Å². The number of rotatable bonds is 8. The van der Waals surface area contributed by atoms with E-state index in [9.17, 15) is 0 Å². The van der Waals surface area contributed by atoms with Gasteiger partial charge in [-0.1, -0.05) is 141 Å². The first-order valence-electron chi connectivity index (χ1n) is 15.3. The van der Waals surface area contributed by atoms with Crippen molar-refractivity contribution in [1.82, 2.24) is 4.90 Å². The molecule has 0 N–H and O–H groups in total. The van der Waals surface area contributed by atoms with Gasteiger partial charge in [0, 0.05) is 34.7 Å². The molecule has 0 saturated heterocycles. The predicted molar refractivity (Wildman–Crippen MR) is 184 cm³/mol. The summed E-state index contributed by atoms with van der Waals surface area (Å²) < 4.78 is 0. The summed E-state index contributed by atoms with van der Waals surface area (Å²) in [4.78, 5) is 2.35. The Morgan fingerprint density at radius 2 is 0.976 bits per heavy atom. The van der Waals surface area contributed by atoms with Gasteiger partial charge in [-0.25, -0.2) is 0 Å². The average Bonchev–Trinajstić information content (AvgIpc) is 3.73. The van der Waals surface area contributed by atoms with Crippen molar-refractivity contribution >= 4 is 37.1 Å². The Labute approximate surface area is 268 Å². The van der Waals surface area contributed by atoms with Crippen LogP contribution < -0.4 is 21.2 Å². The molecule has 2 aliphatic rings. The zero-order valence-electron chi connectivity index (χ0n) is 25.3. The van der Waals surface area contributed by atoms with Crippen LogP contribution in [0.25, 0.3) is 0 Å². The van der Waals surface area contributed by atoms with E-state index in [1.165, 1.54) is 55.6 Å². The van der Waals surface area contributed by atoms with Crippen molar-refractivity contribution in [2.45, 2.75) is 63.6 Å². The van der Waals surface area contributed by atoms with Gasteiger partial charge < -0.3 is 4.90 Å². The Bertz CT molecular complexity index is 1200. The summed E-state index contributed by atoms with van der Waals surface area (Å²) in [6.07, 6.45) is 9.48. The molecule has 0 bridgehead atoms. The number of benzene rings is 4. The maximum Gasteiger partial charge on any atom is 0.0171 e. The molecule has 0 amide bonds. The van der Waals surface area contributed by atoms with Crippen molar-refractivity contribution in [3.05, 3.63) is 133 Å². The fourth-order valence-electron chi connectivity index (χ4n) is 6.29. The van der Waals surface area contributed by atoms with Crippen LogP contribution >= 0.6 is 15.8 Å². The molecule has 42 heavy (non-hydrogen) atoms. The Morgan fingerprint density at radius 3 is 1.38 bits per heavy atom. The van der Waals surface area contributed by atoms with Crippen molar-refractivity contribution in [2.24, 2.45) is 0 Å². The molecular formula is C38H45FeNP2. The summed E-state index contributed by atoms with van der Waals surface area (Å²) in [5, 5.41) is 6.05. The van der Waals surface area contributed by atoms with Gasteiger partial charge in [-0.15, -0.1) is 0 Å². The van der Waals surface area contributed by atoms with Gasteiger partial charge in [-0.3, -0.25) is 0 Å². The normalized spacial score (nSPS) is 16.8. The summed E-state index contributed by atoms with van der Waals surface area (Å²) in [7, 11) is 3.84. The van der Waals surface area contributed by atoms with E-state index < -0.39 is 7.92 Å². The third-order valence-corrected chi connectivity index (χ3v) is 14.2. The molecule has 0 spiro atoms. The van der Waals surface area contributed by atoms with Gasteiger partial charge in [0.25, 0.3) is 0 Å². The van der Waals surface area contributed by atoms with Crippen LogP contribution in [0.1, 0.15) is 51.9 Å². The van der Waals surface area contributed by atoms with E-state index >= 15 is 0 Å². The predicted octanol–water partition coefficient (Wildman–Crippen LogP) is 8.42. The SMILES string of the molecule is C[C@H]([C]1CCC[C]1P(c1ccccc1)c1ccccc1)N(C)C.[Fe].c1ccc(P(c2ccccc2)C2CCCC2)cc1. The van der Waals surface area contributed by atoms with E-state index in [1.807, 2.05) is 0 Å². The summed E-state index contributed by atoms with van der Waals surface area (Å²) in [5.41, 5.74) is 2.60. The van der Waals surface area contributed by atoms with Gasteiger partial charge in [0.15, 0.2) is 0 Å². The van der Waals surface area contributed by atoms with Crippen LogP contribution in [0.3, 0.4) is 0 Å². The van der Waals surface area contributed by atoms with Crippen molar-refractivity contribution in [1.29, 1.82) is 0 Å². The van der Waals surface area contributed by atoms with Gasteiger partial charge in [0.1, 0.15) is 0 Å². The first kappa shape index (κ1) is 33.1. The largest absolute Gasteiger partial charge is 0.306 e. The molecular weight excluding hydrogens is 588 g/mol. The van der Waals surface area contributed by atoms with Crippen molar-refractivity contribution in [3.8, 4) is 0 Å². The molecule has 0 unspecified atom stereocenters. The van der Waals surface area contributed by atoms with Gasteiger partial charge in [0.2, 0.25) is 0 Å². The molecule has 0 heterocycles. The van der Waals surface area contributed by atoms with E-state index in [1.54, 1.807) is 22.2 Å². The zero-order chi connectivity index (χ0) is 28.4. The Kier molecular flexibility index (Phi) is 13.3. The molecule has 2 radical (unpaired) electrons. The third-order valence-electron chi connectivity index (χ3n) is 8.57. The Balaban J connectivity index is 0.000000193. The van der Waals surface area contributed by atoms with Crippen LogP contribution in [-0.4, -0.2) is 30.7 Å². The molecule has 4 aromatic rings. The topological polar surface area (TPSA) is 3.24 Å². The molecule has 1 atom stereocenters. The quantitative estimate of drug-likeness (QED) is 0.139. The van der Waals surface area contributed by atoms with Gasteiger partial charge in [-0.05, 0) is 89.4 Å². The van der Waals surface area contributed by atoms with Crippen molar-refractivity contribution < 1.29 is 17.1 Å². The fraction of sp³-hybridized carbons (Fsp3) is 0.316. The molecule has 6 rings (SSSR count). The second-order valence-electron chi connectivity index (χ2n) is 11.5. The van der Waals surface area contributed by atoms with Crippen LogP contribution in [0.2, 0.25) is 0 Å². The molecule has 2 aliphatic carbocycles.